The van der Waals surface area contributed by atoms with Crippen molar-refractivity contribution in [3.63, 3.8) is 0 Å². The number of carbonyl (C=O) groups is 1. The minimum absolute atomic E-state index is 0.130. The van der Waals surface area contributed by atoms with Crippen LogP contribution in [-0.4, -0.2) is 77.6 Å². The maximum atomic E-state index is 13.2. The predicted octanol–water partition coefficient (Wildman–Crippen LogP) is 5.50. The lowest BCUT2D eigenvalue weighted by atomic mass is 9.80. The number of likely N-dealkylation sites (tertiary alicyclic amines) is 1. The number of nitrogens with zero attached hydrogens (tertiary/aromatic N) is 6. The summed E-state index contributed by atoms with van der Waals surface area (Å²) < 4.78 is 6.36. The van der Waals surface area contributed by atoms with Crippen LogP contribution in [0.4, 0.5) is 5.82 Å². The van der Waals surface area contributed by atoms with Gasteiger partial charge in [0.25, 0.3) is 0 Å². The van der Waals surface area contributed by atoms with E-state index in [0.29, 0.717) is 57.1 Å². The number of rotatable bonds is 9. The van der Waals surface area contributed by atoms with Crippen molar-refractivity contribution in [3.8, 4) is 12.1 Å². The van der Waals surface area contributed by atoms with Gasteiger partial charge in [-0.15, -0.1) is 0 Å². The van der Waals surface area contributed by atoms with Gasteiger partial charge in [0, 0.05) is 37.7 Å². The molecule has 2 aliphatic heterocycles. The van der Waals surface area contributed by atoms with Gasteiger partial charge in [-0.25, -0.2) is 0 Å². The molecule has 44 heavy (non-hydrogen) atoms. The number of aromatic nitrogens is 2. The molecule has 7 rings (SSSR count). The molecule has 2 aliphatic carbocycles. The largest absolute Gasteiger partial charge is 0.462 e. The first-order valence-electron chi connectivity index (χ1n) is 16.7. The van der Waals surface area contributed by atoms with Crippen LogP contribution in [0, 0.1) is 17.2 Å². The van der Waals surface area contributed by atoms with Gasteiger partial charge >= 0.3 is 6.01 Å². The minimum Gasteiger partial charge on any atom is -0.462 e. The Labute approximate surface area is 261 Å². The third kappa shape index (κ3) is 6.12. The zero-order valence-electron chi connectivity index (χ0n) is 26.0. The van der Waals surface area contributed by atoms with E-state index in [1.165, 1.54) is 41.2 Å². The first kappa shape index (κ1) is 29.0. The topological polar surface area (TPSA) is 85.6 Å². The van der Waals surface area contributed by atoms with Gasteiger partial charge in [-0.2, -0.15) is 15.2 Å². The van der Waals surface area contributed by atoms with E-state index in [0.717, 1.165) is 56.1 Å². The van der Waals surface area contributed by atoms with Crippen LogP contribution in [0.25, 0.3) is 10.8 Å². The predicted molar refractivity (Wildman–Crippen MR) is 172 cm³/mol. The highest BCUT2D eigenvalue weighted by Gasteiger charge is 2.35. The van der Waals surface area contributed by atoms with Gasteiger partial charge in [-0.3, -0.25) is 4.79 Å². The summed E-state index contributed by atoms with van der Waals surface area (Å²) in [5.74, 6) is 2.23. The molecule has 3 fully saturated rings. The summed E-state index contributed by atoms with van der Waals surface area (Å²) in [5.41, 5.74) is 3.67. The molecule has 3 aromatic rings. The van der Waals surface area contributed by atoms with E-state index >= 15 is 0 Å². The van der Waals surface area contributed by atoms with Gasteiger partial charge in [0.15, 0.2) is 0 Å². The summed E-state index contributed by atoms with van der Waals surface area (Å²) >= 11 is 0. The first-order chi connectivity index (χ1) is 21.6. The van der Waals surface area contributed by atoms with Crippen molar-refractivity contribution in [2.45, 2.75) is 82.2 Å². The Morgan fingerprint density at radius 3 is 2.70 bits per heavy atom. The molecule has 8 heteroatoms. The van der Waals surface area contributed by atoms with E-state index in [9.17, 15) is 10.1 Å². The van der Waals surface area contributed by atoms with Gasteiger partial charge in [-0.05, 0) is 80.3 Å². The molecule has 2 aromatic carbocycles. The van der Waals surface area contributed by atoms with E-state index in [2.05, 4.69) is 65.4 Å². The second-order valence-corrected chi connectivity index (χ2v) is 13.4. The molecule has 0 bridgehead atoms. The SMILES string of the molecule is CN1CCCC1COc1nc2c(c(N3CCN(C(=O)CCC4CC4)C(CC#N)C3)n1)CCC(c1cccc3ccccc13)C2. The van der Waals surface area contributed by atoms with Crippen molar-refractivity contribution in [3.05, 3.63) is 59.3 Å². The van der Waals surface area contributed by atoms with E-state index in [1.807, 2.05) is 4.90 Å². The number of benzene rings is 2. The maximum absolute atomic E-state index is 13.2. The number of hydrogen-bond donors (Lipinski definition) is 0. The Morgan fingerprint density at radius 2 is 1.89 bits per heavy atom. The number of anilines is 1. The molecule has 230 valence electrons. The van der Waals surface area contributed by atoms with Crippen LogP contribution in [-0.2, 0) is 17.6 Å². The fraction of sp³-hybridized carbons (Fsp3) is 0.556. The van der Waals surface area contributed by atoms with Crippen molar-refractivity contribution in [2.24, 2.45) is 5.92 Å². The molecule has 0 radical (unpaired) electrons. The Morgan fingerprint density at radius 1 is 1.02 bits per heavy atom. The molecular weight excluding hydrogens is 548 g/mol. The third-order valence-corrected chi connectivity index (χ3v) is 10.5. The van der Waals surface area contributed by atoms with Crippen molar-refractivity contribution < 1.29 is 9.53 Å². The van der Waals surface area contributed by atoms with Crippen molar-refractivity contribution in [1.29, 1.82) is 5.26 Å². The van der Waals surface area contributed by atoms with Crippen LogP contribution in [0.3, 0.4) is 0 Å². The Hall–Kier alpha value is -3.70. The molecule has 1 saturated carbocycles. The van der Waals surface area contributed by atoms with Gasteiger partial charge in [0.2, 0.25) is 5.91 Å². The summed E-state index contributed by atoms with van der Waals surface area (Å²) in [6.07, 6.45) is 9.51. The number of carbonyl (C=O) groups excluding carboxylic acids is 1. The van der Waals surface area contributed by atoms with Gasteiger partial charge in [-0.1, -0.05) is 55.3 Å². The average molecular weight is 593 g/mol. The summed E-state index contributed by atoms with van der Waals surface area (Å²) in [4.78, 5) is 30.0. The standard InChI is InChI=1S/C36H44N6O2/c1-40-19-5-8-29(40)24-44-36-38-33-22-27(31-10-4-7-26-6-2-3-9-30(26)31)14-15-32(33)35(39-36)41-20-21-42(28(23-41)17-18-37)34(43)16-13-25-11-12-25/h2-4,6-7,9-10,25,27-29H,5,8,11-17,19-24H2,1H3. The number of ether oxygens (including phenoxy) is 1. The Kier molecular flexibility index (Phi) is 8.40. The number of hydrogen-bond acceptors (Lipinski definition) is 7. The van der Waals surface area contributed by atoms with Gasteiger partial charge in [0.1, 0.15) is 12.4 Å². The molecule has 0 N–H and O–H groups in total. The highest BCUT2D eigenvalue weighted by molar-refractivity contribution is 5.86. The lowest BCUT2D eigenvalue weighted by Crippen LogP contribution is -2.55. The average Bonchev–Trinajstić information content (AvgIpc) is 3.80. The number of piperazine rings is 1. The van der Waals surface area contributed by atoms with Gasteiger partial charge < -0.3 is 19.4 Å². The molecule has 3 unspecified atom stereocenters. The van der Waals surface area contributed by atoms with Crippen molar-refractivity contribution >= 4 is 22.5 Å². The van der Waals surface area contributed by atoms with E-state index in [-0.39, 0.29) is 11.9 Å². The molecule has 3 atom stereocenters. The van der Waals surface area contributed by atoms with E-state index in [4.69, 9.17) is 14.7 Å². The minimum atomic E-state index is -0.130. The molecule has 0 spiro atoms. The van der Waals surface area contributed by atoms with Crippen LogP contribution in [0.5, 0.6) is 6.01 Å². The molecule has 1 amide bonds. The Balaban J connectivity index is 1.17. The lowest BCUT2D eigenvalue weighted by Gasteiger charge is -2.42. The molecule has 8 nitrogen and oxygen atoms in total. The summed E-state index contributed by atoms with van der Waals surface area (Å²) in [6, 6.07) is 18.4. The van der Waals surface area contributed by atoms with Crippen LogP contribution in [0.2, 0.25) is 0 Å². The van der Waals surface area contributed by atoms with E-state index < -0.39 is 0 Å². The normalized spacial score (nSPS) is 23.9. The molecule has 4 aliphatic rings. The molecule has 3 heterocycles. The number of nitriles is 1. The molecule has 2 saturated heterocycles. The fourth-order valence-electron chi connectivity index (χ4n) is 7.67. The Bertz CT molecular complexity index is 1540. The van der Waals surface area contributed by atoms with E-state index in [1.54, 1.807) is 0 Å². The smallest absolute Gasteiger partial charge is 0.318 e. The zero-order valence-corrected chi connectivity index (χ0v) is 26.0. The quantitative estimate of drug-likeness (QED) is 0.325. The van der Waals surface area contributed by atoms with Crippen LogP contribution in [0.1, 0.15) is 74.1 Å². The van der Waals surface area contributed by atoms with Crippen LogP contribution >= 0.6 is 0 Å². The van der Waals surface area contributed by atoms with Crippen molar-refractivity contribution in [2.75, 3.05) is 44.7 Å². The lowest BCUT2D eigenvalue weighted by molar-refractivity contribution is -0.134. The summed E-state index contributed by atoms with van der Waals surface area (Å²) in [6.45, 7) is 3.63. The number of fused-ring (bicyclic) bond motifs is 2. The highest BCUT2D eigenvalue weighted by Crippen LogP contribution is 2.40. The van der Waals surface area contributed by atoms with Gasteiger partial charge in [0.05, 0.1) is 24.2 Å². The molecule has 1 aromatic heterocycles. The monoisotopic (exact) mass is 592 g/mol. The highest BCUT2D eigenvalue weighted by atomic mass is 16.5. The number of amides is 1. The maximum Gasteiger partial charge on any atom is 0.318 e. The van der Waals surface area contributed by atoms with Crippen molar-refractivity contribution in [1.82, 2.24) is 19.8 Å². The van der Waals surface area contributed by atoms with Crippen LogP contribution < -0.4 is 9.64 Å². The molecular formula is C36H44N6O2. The fourth-order valence-corrected chi connectivity index (χ4v) is 7.67. The zero-order chi connectivity index (χ0) is 30.0. The summed E-state index contributed by atoms with van der Waals surface area (Å²) in [7, 11) is 2.16. The number of likely N-dealkylation sites (N-methyl/N-ethyl adjacent to an activating group) is 1. The third-order valence-electron chi connectivity index (χ3n) is 10.5. The second kappa shape index (κ2) is 12.7. The first-order valence-corrected chi connectivity index (χ1v) is 16.7. The van der Waals surface area contributed by atoms with Crippen LogP contribution in [0.15, 0.2) is 42.5 Å². The second-order valence-electron chi connectivity index (χ2n) is 13.4. The summed E-state index contributed by atoms with van der Waals surface area (Å²) in [5, 5.41) is 12.3.